The Morgan fingerprint density at radius 1 is 1.31 bits per heavy atom. The molecule has 0 aliphatic carbocycles. The first-order valence-electron chi connectivity index (χ1n) is 8.42. The van der Waals surface area contributed by atoms with E-state index in [0.29, 0.717) is 36.7 Å². The molecule has 0 unspecified atom stereocenters. The predicted molar refractivity (Wildman–Crippen MR) is 96.3 cm³/mol. The first-order chi connectivity index (χ1) is 12.3. The van der Waals surface area contributed by atoms with Crippen molar-refractivity contribution in [3.05, 3.63) is 28.8 Å². The van der Waals surface area contributed by atoms with Crippen LogP contribution in [0.4, 0.5) is 0 Å². The van der Waals surface area contributed by atoms with Crippen LogP contribution in [-0.2, 0) is 14.4 Å². The predicted octanol–water partition coefficient (Wildman–Crippen LogP) is 1.81. The summed E-state index contributed by atoms with van der Waals surface area (Å²) >= 11 is 6.01. The number of piperidine rings is 1. The van der Waals surface area contributed by atoms with Crippen LogP contribution in [0.2, 0.25) is 5.02 Å². The lowest BCUT2D eigenvalue weighted by Gasteiger charge is -2.31. The average molecular weight is 383 g/mol. The number of carboxylic acids is 1. The van der Waals surface area contributed by atoms with E-state index in [1.807, 2.05) is 0 Å². The summed E-state index contributed by atoms with van der Waals surface area (Å²) in [5.74, 6) is -1.20. The van der Waals surface area contributed by atoms with Crippen LogP contribution in [0.1, 0.15) is 18.4 Å². The van der Waals surface area contributed by atoms with E-state index in [2.05, 4.69) is 0 Å². The molecule has 8 heteroatoms. The number of likely N-dealkylation sites (N-methyl/N-ethyl adjacent to an activating group) is 1. The maximum absolute atomic E-state index is 12.3. The fourth-order valence-electron chi connectivity index (χ4n) is 2.76. The molecular formula is C18H23ClN2O5. The Morgan fingerprint density at radius 2 is 1.96 bits per heavy atom. The molecule has 0 radical (unpaired) electrons. The van der Waals surface area contributed by atoms with E-state index in [1.165, 1.54) is 4.90 Å². The van der Waals surface area contributed by atoms with Gasteiger partial charge in [0, 0.05) is 30.7 Å². The van der Waals surface area contributed by atoms with E-state index >= 15 is 0 Å². The van der Waals surface area contributed by atoms with Crippen LogP contribution in [0.15, 0.2) is 18.2 Å². The molecule has 1 aliphatic heterocycles. The summed E-state index contributed by atoms with van der Waals surface area (Å²) < 4.78 is 5.50. The van der Waals surface area contributed by atoms with Gasteiger partial charge in [0.25, 0.3) is 5.91 Å². The van der Waals surface area contributed by atoms with Crippen LogP contribution in [0, 0.1) is 12.8 Å². The molecule has 0 atom stereocenters. The molecule has 1 fully saturated rings. The maximum atomic E-state index is 12.3. The third-order valence-corrected chi connectivity index (χ3v) is 4.97. The molecule has 1 saturated heterocycles. The molecule has 2 amide bonds. The normalized spacial score (nSPS) is 14.8. The molecule has 2 rings (SSSR count). The number of hydrogen-bond donors (Lipinski definition) is 1. The van der Waals surface area contributed by atoms with Crippen LogP contribution >= 0.6 is 11.6 Å². The SMILES string of the molecule is Cc1c(Cl)cccc1OCC(=O)N(C)CC(=O)N1CCC(C(=O)O)CC1. The molecule has 1 N–H and O–H groups in total. The number of amides is 2. The molecule has 1 aromatic rings. The van der Waals surface area contributed by atoms with Gasteiger partial charge < -0.3 is 19.6 Å². The second-order valence-corrected chi connectivity index (χ2v) is 6.80. The van der Waals surface area contributed by atoms with Crippen molar-refractivity contribution < 1.29 is 24.2 Å². The number of carbonyl (C=O) groups excluding carboxylic acids is 2. The fourth-order valence-corrected chi connectivity index (χ4v) is 2.93. The van der Waals surface area contributed by atoms with Crippen LogP contribution in [0.25, 0.3) is 0 Å². The number of ether oxygens (including phenoxy) is 1. The molecule has 1 heterocycles. The molecular weight excluding hydrogens is 360 g/mol. The van der Waals surface area contributed by atoms with E-state index in [-0.39, 0.29) is 25.0 Å². The highest BCUT2D eigenvalue weighted by Crippen LogP contribution is 2.25. The molecule has 0 aromatic heterocycles. The standard InChI is InChI=1S/C18H23ClN2O5/c1-12-14(19)4-3-5-15(12)26-11-17(23)20(2)10-16(22)21-8-6-13(7-9-21)18(24)25/h3-5,13H,6-11H2,1-2H3,(H,24,25). The second kappa shape index (κ2) is 8.89. The molecule has 142 valence electrons. The third-order valence-electron chi connectivity index (χ3n) is 4.56. The minimum absolute atomic E-state index is 0.0611. The van der Waals surface area contributed by atoms with E-state index in [0.717, 1.165) is 5.56 Å². The zero-order chi connectivity index (χ0) is 19.3. The molecule has 0 saturated carbocycles. The van der Waals surface area contributed by atoms with Crippen molar-refractivity contribution >= 4 is 29.4 Å². The van der Waals surface area contributed by atoms with Gasteiger partial charge in [-0.3, -0.25) is 14.4 Å². The van der Waals surface area contributed by atoms with E-state index in [1.54, 1.807) is 37.1 Å². The smallest absolute Gasteiger partial charge is 0.306 e. The summed E-state index contributed by atoms with van der Waals surface area (Å²) in [6, 6.07) is 5.21. The number of likely N-dealkylation sites (tertiary alicyclic amines) is 1. The monoisotopic (exact) mass is 382 g/mol. The van der Waals surface area contributed by atoms with Gasteiger partial charge in [-0.25, -0.2) is 0 Å². The Balaban J connectivity index is 1.80. The Labute approximate surface area is 157 Å². The van der Waals surface area contributed by atoms with E-state index in [4.69, 9.17) is 21.4 Å². The van der Waals surface area contributed by atoms with Crippen LogP contribution in [0.5, 0.6) is 5.75 Å². The lowest BCUT2D eigenvalue weighted by Crippen LogP contribution is -2.46. The summed E-state index contributed by atoms with van der Waals surface area (Å²) in [5, 5.41) is 9.55. The topological polar surface area (TPSA) is 87.2 Å². The Kier molecular flexibility index (Phi) is 6.85. The van der Waals surface area contributed by atoms with Gasteiger partial charge in [0.15, 0.2) is 6.61 Å². The largest absolute Gasteiger partial charge is 0.483 e. The van der Waals surface area contributed by atoms with Gasteiger partial charge >= 0.3 is 5.97 Å². The van der Waals surface area contributed by atoms with E-state index < -0.39 is 11.9 Å². The Morgan fingerprint density at radius 3 is 2.58 bits per heavy atom. The van der Waals surface area contributed by atoms with Crippen molar-refractivity contribution in [1.82, 2.24) is 9.80 Å². The van der Waals surface area contributed by atoms with Gasteiger partial charge in [-0.1, -0.05) is 17.7 Å². The quantitative estimate of drug-likeness (QED) is 0.810. The molecule has 1 aromatic carbocycles. The fraction of sp³-hybridized carbons (Fsp3) is 0.500. The first kappa shape index (κ1) is 20.0. The van der Waals surface area contributed by atoms with Gasteiger partial charge in [-0.2, -0.15) is 0 Å². The lowest BCUT2D eigenvalue weighted by atomic mass is 9.97. The number of hydrogen-bond acceptors (Lipinski definition) is 4. The zero-order valence-electron chi connectivity index (χ0n) is 14.9. The summed E-state index contributed by atoms with van der Waals surface area (Å²) in [4.78, 5) is 38.3. The van der Waals surface area contributed by atoms with Crippen molar-refractivity contribution in [2.75, 3.05) is 33.3 Å². The molecule has 0 spiro atoms. The van der Waals surface area contributed by atoms with Crippen molar-refractivity contribution in [3.8, 4) is 5.75 Å². The molecule has 26 heavy (non-hydrogen) atoms. The number of benzene rings is 1. The van der Waals surface area contributed by atoms with Crippen LogP contribution < -0.4 is 4.74 Å². The second-order valence-electron chi connectivity index (χ2n) is 6.39. The molecule has 1 aliphatic rings. The van der Waals surface area contributed by atoms with Gasteiger partial charge in [0.05, 0.1) is 12.5 Å². The number of carbonyl (C=O) groups is 3. The molecule has 7 nitrogen and oxygen atoms in total. The maximum Gasteiger partial charge on any atom is 0.306 e. The van der Waals surface area contributed by atoms with Crippen LogP contribution in [-0.4, -0.2) is 66.0 Å². The number of carboxylic acid groups (broad SMARTS) is 1. The summed E-state index contributed by atoms with van der Waals surface area (Å²) in [6.07, 6.45) is 0.881. The van der Waals surface area contributed by atoms with Crippen molar-refractivity contribution in [2.24, 2.45) is 5.92 Å². The molecule has 0 bridgehead atoms. The zero-order valence-corrected chi connectivity index (χ0v) is 15.7. The number of nitrogens with zero attached hydrogens (tertiary/aromatic N) is 2. The van der Waals surface area contributed by atoms with E-state index in [9.17, 15) is 14.4 Å². The van der Waals surface area contributed by atoms with Crippen molar-refractivity contribution in [3.63, 3.8) is 0 Å². The van der Waals surface area contributed by atoms with Gasteiger partial charge in [-0.15, -0.1) is 0 Å². The number of aliphatic carboxylic acids is 1. The van der Waals surface area contributed by atoms with Crippen molar-refractivity contribution in [2.45, 2.75) is 19.8 Å². The summed E-state index contributed by atoms with van der Waals surface area (Å²) in [5.41, 5.74) is 0.752. The van der Waals surface area contributed by atoms with Gasteiger partial charge in [0.2, 0.25) is 5.91 Å². The first-order valence-corrected chi connectivity index (χ1v) is 8.80. The van der Waals surface area contributed by atoms with Gasteiger partial charge in [-0.05, 0) is 31.9 Å². The Bertz CT molecular complexity index is 686. The Hall–Kier alpha value is -2.28. The number of rotatable bonds is 6. The highest BCUT2D eigenvalue weighted by atomic mass is 35.5. The summed E-state index contributed by atoms with van der Waals surface area (Å²) in [6.45, 7) is 2.35. The minimum Gasteiger partial charge on any atom is -0.483 e. The number of halogens is 1. The highest BCUT2D eigenvalue weighted by Gasteiger charge is 2.27. The minimum atomic E-state index is -0.821. The summed E-state index contributed by atoms with van der Waals surface area (Å²) in [7, 11) is 1.54. The van der Waals surface area contributed by atoms with Crippen molar-refractivity contribution in [1.29, 1.82) is 0 Å². The lowest BCUT2D eigenvalue weighted by molar-refractivity contribution is -0.146. The third kappa shape index (κ3) is 5.11. The van der Waals surface area contributed by atoms with Gasteiger partial charge in [0.1, 0.15) is 5.75 Å². The average Bonchev–Trinajstić information content (AvgIpc) is 2.62. The van der Waals surface area contributed by atoms with Crippen LogP contribution in [0.3, 0.4) is 0 Å². The highest BCUT2D eigenvalue weighted by molar-refractivity contribution is 6.31.